The van der Waals surface area contributed by atoms with Crippen LogP contribution < -0.4 is 5.14 Å². The molecule has 120 valence electrons. The highest BCUT2D eigenvalue weighted by molar-refractivity contribution is 9.09. The maximum absolute atomic E-state index is 11.5. The van der Waals surface area contributed by atoms with E-state index in [9.17, 15) is 8.42 Å². The third kappa shape index (κ3) is 3.20. The average molecular weight is 393 g/mol. The molecule has 23 heavy (non-hydrogen) atoms. The fourth-order valence-electron chi connectivity index (χ4n) is 2.74. The summed E-state index contributed by atoms with van der Waals surface area (Å²) in [5, 5.41) is 6.38. The third-order valence-electron chi connectivity index (χ3n) is 4.07. The molecule has 0 saturated heterocycles. The number of nitrogens with one attached hydrogen (secondary N) is 1. The topological polar surface area (TPSA) is 76.0 Å². The van der Waals surface area contributed by atoms with Crippen molar-refractivity contribution in [2.45, 2.75) is 22.6 Å². The van der Waals surface area contributed by atoms with E-state index in [1.165, 1.54) is 6.07 Å². The van der Waals surface area contributed by atoms with Gasteiger partial charge in [-0.2, -0.15) is 0 Å². The normalized spacial score (nSPS) is 14.7. The van der Waals surface area contributed by atoms with E-state index in [1.54, 1.807) is 12.1 Å². The molecule has 0 aliphatic carbocycles. The summed E-state index contributed by atoms with van der Waals surface area (Å²) in [6, 6.07) is 14.9. The molecule has 1 heterocycles. The van der Waals surface area contributed by atoms with E-state index in [1.807, 2.05) is 30.5 Å². The quantitative estimate of drug-likeness (QED) is 0.656. The highest BCUT2D eigenvalue weighted by atomic mass is 79.9. The molecule has 0 bridgehead atoms. The van der Waals surface area contributed by atoms with E-state index in [0.717, 1.165) is 22.0 Å². The molecule has 0 aliphatic rings. The first-order chi connectivity index (χ1) is 10.9. The molecule has 2 unspecified atom stereocenters. The molecule has 0 aliphatic heterocycles. The lowest BCUT2D eigenvalue weighted by atomic mass is 9.93. The standard InChI is InChI=1S/C17H17BrN2O2S/c1-11(12-5-4-6-13(9-12)23(19,21)22)17(18)15-10-20-16-8-3-2-7-14(15)16/h2-11,17,20H,1H3,(H2,19,21,22). The van der Waals surface area contributed by atoms with Gasteiger partial charge in [0.2, 0.25) is 10.0 Å². The van der Waals surface area contributed by atoms with Crippen molar-refractivity contribution in [3.63, 3.8) is 0 Å². The SMILES string of the molecule is CC(c1cccc(S(N)(=O)=O)c1)C(Br)c1c[nH]c2ccccc12. The van der Waals surface area contributed by atoms with Crippen LogP contribution in [0.1, 0.15) is 28.8 Å². The number of primary sulfonamides is 1. The number of aromatic nitrogens is 1. The zero-order chi connectivity index (χ0) is 16.6. The minimum atomic E-state index is -3.69. The summed E-state index contributed by atoms with van der Waals surface area (Å²) in [5.41, 5.74) is 3.15. The number of nitrogens with two attached hydrogens (primary N) is 1. The van der Waals surface area contributed by atoms with Gasteiger partial charge in [-0.15, -0.1) is 0 Å². The van der Waals surface area contributed by atoms with Gasteiger partial charge in [0.25, 0.3) is 0 Å². The molecular formula is C17H17BrN2O2S. The third-order valence-corrected chi connectivity index (χ3v) is 6.27. The Morgan fingerprint density at radius 2 is 1.87 bits per heavy atom. The maximum atomic E-state index is 11.5. The maximum Gasteiger partial charge on any atom is 0.238 e. The van der Waals surface area contributed by atoms with E-state index < -0.39 is 10.0 Å². The second-order valence-corrected chi connectivity index (χ2v) is 8.15. The van der Waals surface area contributed by atoms with Crippen LogP contribution in [0.4, 0.5) is 0 Å². The Morgan fingerprint density at radius 3 is 2.61 bits per heavy atom. The molecule has 1 aromatic heterocycles. The Bertz CT molecular complexity index is 950. The predicted octanol–water partition coefficient (Wildman–Crippen LogP) is 4.06. The van der Waals surface area contributed by atoms with E-state index in [0.29, 0.717) is 0 Å². The Balaban J connectivity index is 1.98. The van der Waals surface area contributed by atoms with Crippen LogP contribution in [0.3, 0.4) is 0 Å². The lowest BCUT2D eigenvalue weighted by Gasteiger charge is -2.19. The van der Waals surface area contributed by atoms with E-state index >= 15 is 0 Å². The van der Waals surface area contributed by atoms with Crippen LogP contribution in [0.2, 0.25) is 0 Å². The van der Waals surface area contributed by atoms with Crippen LogP contribution in [-0.4, -0.2) is 13.4 Å². The number of aromatic amines is 1. The average Bonchev–Trinajstić information content (AvgIpc) is 2.97. The van der Waals surface area contributed by atoms with Gasteiger partial charge < -0.3 is 4.98 Å². The summed E-state index contributed by atoms with van der Waals surface area (Å²) < 4.78 is 23.1. The van der Waals surface area contributed by atoms with Crippen molar-refractivity contribution in [2.75, 3.05) is 0 Å². The number of hydrogen-bond acceptors (Lipinski definition) is 2. The number of alkyl halides is 1. The summed E-state index contributed by atoms with van der Waals surface area (Å²) in [4.78, 5) is 3.45. The highest BCUT2D eigenvalue weighted by Gasteiger charge is 2.22. The number of halogens is 1. The van der Waals surface area contributed by atoms with E-state index in [2.05, 4.69) is 33.9 Å². The van der Waals surface area contributed by atoms with Gasteiger partial charge in [0.1, 0.15) is 0 Å². The second kappa shape index (κ2) is 6.11. The molecule has 0 spiro atoms. The number of H-pyrrole nitrogens is 1. The first kappa shape index (κ1) is 16.2. The van der Waals surface area contributed by atoms with Crippen molar-refractivity contribution in [2.24, 2.45) is 5.14 Å². The summed E-state index contributed by atoms with van der Waals surface area (Å²) >= 11 is 3.76. The van der Waals surface area contributed by atoms with Crippen LogP contribution in [-0.2, 0) is 10.0 Å². The fourth-order valence-corrected chi connectivity index (χ4v) is 3.99. The number of hydrogen-bond donors (Lipinski definition) is 2. The molecule has 4 nitrogen and oxygen atoms in total. The largest absolute Gasteiger partial charge is 0.361 e. The molecule has 0 saturated carbocycles. The van der Waals surface area contributed by atoms with E-state index in [4.69, 9.17) is 5.14 Å². The van der Waals surface area contributed by atoms with Gasteiger partial charge in [0.05, 0.1) is 4.90 Å². The first-order valence-electron chi connectivity index (χ1n) is 7.21. The number of fused-ring (bicyclic) bond motifs is 1. The second-order valence-electron chi connectivity index (χ2n) is 5.60. The minimum absolute atomic E-state index is 0.0504. The predicted molar refractivity (Wildman–Crippen MR) is 96.2 cm³/mol. The molecule has 0 radical (unpaired) electrons. The Kier molecular flexibility index (Phi) is 4.31. The van der Waals surface area contributed by atoms with Crippen LogP contribution in [0.15, 0.2) is 59.6 Å². The monoisotopic (exact) mass is 392 g/mol. The van der Waals surface area contributed by atoms with Crippen LogP contribution in [0.5, 0.6) is 0 Å². The fraction of sp³-hybridized carbons (Fsp3) is 0.176. The van der Waals surface area contributed by atoms with Crippen molar-refractivity contribution in [3.8, 4) is 0 Å². The van der Waals surface area contributed by atoms with Crippen LogP contribution in [0.25, 0.3) is 10.9 Å². The minimum Gasteiger partial charge on any atom is -0.361 e. The van der Waals surface area contributed by atoms with Gasteiger partial charge in [-0.1, -0.05) is 53.2 Å². The number of sulfonamides is 1. The lowest BCUT2D eigenvalue weighted by molar-refractivity contribution is 0.597. The van der Waals surface area contributed by atoms with Gasteiger partial charge in [-0.3, -0.25) is 0 Å². The van der Waals surface area contributed by atoms with Gasteiger partial charge >= 0.3 is 0 Å². The van der Waals surface area contributed by atoms with E-state index in [-0.39, 0.29) is 15.6 Å². The summed E-state index contributed by atoms with van der Waals surface area (Å²) in [5.74, 6) is 0.0795. The van der Waals surface area contributed by atoms with Gasteiger partial charge in [-0.25, -0.2) is 13.6 Å². The number of rotatable bonds is 4. The van der Waals surface area contributed by atoms with Gasteiger partial charge in [0.15, 0.2) is 0 Å². The molecule has 6 heteroatoms. The Labute approximate surface area is 143 Å². The molecule has 2 aromatic carbocycles. The van der Waals surface area contributed by atoms with Gasteiger partial charge in [0, 0.05) is 21.9 Å². The summed E-state index contributed by atoms with van der Waals surface area (Å²) in [6.45, 7) is 2.06. The van der Waals surface area contributed by atoms with Crippen molar-refractivity contribution in [3.05, 3.63) is 65.9 Å². The molecule has 3 aromatic rings. The molecule has 0 fully saturated rings. The molecule has 0 amide bonds. The van der Waals surface area contributed by atoms with Crippen LogP contribution >= 0.6 is 15.9 Å². The van der Waals surface area contributed by atoms with Crippen molar-refractivity contribution in [1.29, 1.82) is 0 Å². The molecular weight excluding hydrogens is 376 g/mol. The van der Waals surface area contributed by atoms with Crippen molar-refractivity contribution in [1.82, 2.24) is 4.98 Å². The first-order valence-corrected chi connectivity index (χ1v) is 9.67. The number of para-hydroxylation sites is 1. The van der Waals surface area contributed by atoms with Crippen molar-refractivity contribution >= 4 is 36.9 Å². The smallest absolute Gasteiger partial charge is 0.238 e. The molecule has 3 N–H and O–H groups in total. The zero-order valence-corrected chi connectivity index (χ0v) is 14.9. The number of benzene rings is 2. The van der Waals surface area contributed by atoms with Crippen molar-refractivity contribution < 1.29 is 8.42 Å². The molecule has 3 rings (SSSR count). The molecule has 2 atom stereocenters. The Hall–Kier alpha value is -1.63. The summed E-state index contributed by atoms with van der Waals surface area (Å²) in [7, 11) is -3.69. The Morgan fingerprint density at radius 1 is 1.13 bits per heavy atom. The summed E-state index contributed by atoms with van der Waals surface area (Å²) in [6.07, 6.45) is 1.99. The highest BCUT2D eigenvalue weighted by Crippen LogP contribution is 2.40. The zero-order valence-electron chi connectivity index (χ0n) is 12.5. The lowest BCUT2D eigenvalue weighted by Crippen LogP contribution is -2.13. The van der Waals surface area contributed by atoms with Gasteiger partial charge in [-0.05, 0) is 35.2 Å². The van der Waals surface area contributed by atoms with Crippen LogP contribution in [0, 0.1) is 0 Å².